The van der Waals surface area contributed by atoms with Gasteiger partial charge in [-0.05, 0) is 0 Å². The van der Waals surface area contributed by atoms with Gasteiger partial charge >= 0.3 is 11.7 Å². The lowest BCUT2D eigenvalue weighted by molar-refractivity contribution is -0.127. The molecule has 3 atom stereocenters. The average molecular weight is 436 g/mol. The van der Waals surface area contributed by atoms with E-state index in [2.05, 4.69) is 27.1 Å². The lowest BCUT2D eigenvalue weighted by atomic mass is 10.1. The number of carbonyl (C=O) groups is 2. The number of β-amino-alcohol motifs (C(OH)–C–C–N with tert-alkyl or cyclic N) is 1. The van der Waals surface area contributed by atoms with Crippen LogP contribution in [-0.4, -0.2) is 93.0 Å². The molecular formula is C16H20N8O7. The summed E-state index contributed by atoms with van der Waals surface area (Å²) < 4.78 is 5.20. The van der Waals surface area contributed by atoms with E-state index < -0.39 is 53.1 Å². The normalized spacial score (nSPS) is 21.8. The van der Waals surface area contributed by atoms with Crippen molar-refractivity contribution in [3.8, 4) is 5.88 Å². The minimum absolute atomic E-state index is 0.0822. The quantitative estimate of drug-likeness (QED) is 0.182. The largest absolute Gasteiger partial charge is 0.493 e. The number of imide groups is 1. The van der Waals surface area contributed by atoms with Crippen molar-refractivity contribution in [2.75, 3.05) is 26.8 Å². The molecule has 15 nitrogen and oxygen atoms in total. The van der Waals surface area contributed by atoms with Crippen LogP contribution in [-0.2, 0) is 9.53 Å². The summed E-state index contributed by atoms with van der Waals surface area (Å²) in [6.45, 7) is 3.46. The summed E-state index contributed by atoms with van der Waals surface area (Å²) in [4.78, 5) is 57.9. The van der Waals surface area contributed by atoms with Crippen molar-refractivity contribution >= 4 is 23.6 Å². The zero-order valence-electron chi connectivity index (χ0n) is 16.3. The Balaban J connectivity index is 1.92. The number of nitrogens with one attached hydrogen (secondary N) is 3. The fourth-order valence-corrected chi connectivity index (χ4v) is 3.01. The summed E-state index contributed by atoms with van der Waals surface area (Å²) in [6, 6.07) is -1.69. The number of carbonyl (C=O) groups excluding carboxylic acids is 2. The molecule has 2 aliphatic rings. The molecule has 1 fully saturated rings. The van der Waals surface area contributed by atoms with E-state index in [1.807, 2.05) is 9.97 Å². The van der Waals surface area contributed by atoms with Gasteiger partial charge in [-0.25, -0.2) is 14.6 Å². The topological polar surface area (TPSA) is 205 Å². The molecule has 31 heavy (non-hydrogen) atoms. The number of azo groups is 1. The maximum absolute atomic E-state index is 12.4. The van der Waals surface area contributed by atoms with E-state index in [4.69, 9.17) is 4.74 Å². The van der Waals surface area contributed by atoms with E-state index in [0.717, 1.165) is 0 Å². The number of hydrogen-bond donors (Lipinski definition) is 5. The van der Waals surface area contributed by atoms with Crippen LogP contribution in [0.3, 0.4) is 0 Å². The number of aliphatic hydroxyl groups excluding tert-OH is 1. The fraction of sp³-hybridized carbons (Fsp3) is 0.438. The van der Waals surface area contributed by atoms with Crippen molar-refractivity contribution in [3.63, 3.8) is 0 Å². The van der Waals surface area contributed by atoms with E-state index in [1.165, 1.54) is 22.9 Å². The Labute approximate surface area is 173 Å². The Hall–Kier alpha value is -3.85. The lowest BCUT2D eigenvalue weighted by Crippen LogP contribution is -2.64. The molecule has 2 aliphatic heterocycles. The molecule has 1 aromatic rings. The maximum atomic E-state index is 12.4. The molecule has 0 saturated carbocycles. The molecule has 3 rings (SSSR count). The van der Waals surface area contributed by atoms with Crippen LogP contribution in [0.5, 0.6) is 5.88 Å². The molecule has 0 aromatic carbocycles. The second-order valence-corrected chi connectivity index (χ2v) is 6.63. The van der Waals surface area contributed by atoms with Crippen LogP contribution in [0.15, 0.2) is 37.5 Å². The van der Waals surface area contributed by atoms with E-state index in [0.29, 0.717) is 0 Å². The van der Waals surface area contributed by atoms with Gasteiger partial charge in [-0.15, -0.1) is 16.8 Å². The number of aliphatic imine (C=N–C) groups is 1. The third-order valence-electron chi connectivity index (χ3n) is 4.43. The van der Waals surface area contributed by atoms with Crippen LogP contribution >= 0.6 is 0 Å². The van der Waals surface area contributed by atoms with Crippen LogP contribution in [0.4, 0.5) is 10.5 Å². The summed E-state index contributed by atoms with van der Waals surface area (Å²) in [5.74, 6) is -1.66. The summed E-state index contributed by atoms with van der Waals surface area (Å²) in [6.07, 6.45) is -0.526. The van der Waals surface area contributed by atoms with E-state index in [-0.39, 0.29) is 25.7 Å². The third-order valence-corrected chi connectivity index (χ3v) is 4.43. The van der Waals surface area contributed by atoms with Gasteiger partial charge in [0.1, 0.15) is 0 Å². The number of urea groups is 1. The molecule has 0 bridgehead atoms. The molecule has 3 heterocycles. The maximum Gasteiger partial charge on any atom is 0.328 e. The Bertz CT molecular complexity index is 1060. The van der Waals surface area contributed by atoms with E-state index in [1.54, 1.807) is 0 Å². The first kappa shape index (κ1) is 21.8. The number of amides is 3. The van der Waals surface area contributed by atoms with Gasteiger partial charge in [-0.1, -0.05) is 6.08 Å². The number of aromatic nitrogens is 2. The summed E-state index contributed by atoms with van der Waals surface area (Å²) >= 11 is 0. The summed E-state index contributed by atoms with van der Waals surface area (Å²) in [5.41, 5.74) is -2.54. The minimum atomic E-state index is -1.07. The Morgan fingerprint density at radius 1 is 1.29 bits per heavy atom. The number of likely N-dealkylation sites (N-methyl/N-ethyl adjacent to an activating group) is 1. The number of aromatic hydroxyl groups is 1. The molecule has 15 heteroatoms. The van der Waals surface area contributed by atoms with Gasteiger partial charge in [-0.2, -0.15) is 0 Å². The molecule has 166 valence electrons. The summed E-state index contributed by atoms with van der Waals surface area (Å²) in [5, 5.41) is 29.6. The number of ether oxygens (including phenoxy) is 1. The molecule has 0 aliphatic carbocycles. The van der Waals surface area contributed by atoms with Crippen LogP contribution in [0, 0.1) is 0 Å². The molecular weight excluding hydrogens is 416 g/mol. The lowest BCUT2D eigenvalue weighted by Gasteiger charge is -2.36. The van der Waals surface area contributed by atoms with Crippen molar-refractivity contribution in [3.05, 3.63) is 33.5 Å². The van der Waals surface area contributed by atoms with E-state index >= 15 is 0 Å². The molecule has 1 saturated heterocycles. The molecule has 3 unspecified atom stereocenters. The molecule has 5 N–H and O–H groups in total. The number of rotatable bonds is 7. The third kappa shape index (κ3) is 4.51. The van der Waals surface area contributed by atoms with Crippen molar-refractivity contribution in [1.82, 2.24) is 25.1 Å². The predicted molar refractivity (Wildman–Crippen MR) is 104 cm³/mol. The highest BCUT2D eigenvalue weighted by Crippen LogP contribution is 2.26. The van der Waals surface area contributed by atoms with Gasteiger partial charge in [0.2, 0.25) is 17.5 Å². The number of fused-ring (bicyclic) bond motifs is 1. The summed E-state index contributed by atoms with van der Waals surface area (Å²) in [7, 11) is 1.42. The van der Waals surface area contributed by atoms with Gasteiger partial charge in [0, 0.05) is 7.05 Å². The number of guanidine groups is 1. The van der Waals surface area contributed by atoms with Gasteiger partial charge < -0.3 is 24.7 Å². The van der Waals surface area contributed by atoms with Crippen LogP contribution in [0.25, 0.3) is 0 Å². The van der Waals surface area contributed by atoms with Crippen LogP contribution < -0.4 is 16.6 Å². The number of aliphatic hydroxyl groups is 1. The Morgan fingerprint density at radius 3 is 2.71 bits per heavy atom. The Kier molecular flexibility index (Phi) is 6.26. The molecule has 0 spiro atoms. The van der Waals surface area contributed by atoms with Crippen molar-refractivity contribution in [2.45, 2.75) is 18.3 Å². The molecule has 0 radical (unpaired) electrons. The van der Waals surface area contributed by atoms with Crippen molar-refractivity contribution in [2.24, 2.45) is 15.2 Å². The highest BCUT2D eigenvalue weighted by molar-refractivity contribution is 6.03. The average Bonchev–Trinajstić information content (AvgIpc) is 3.04. The van der Waals surface area contributed by atoms with E-state index in [9.17, 15) is 29.4 Å². The van der Waals surface area contributed by atoms with Gasteiger partial charge in [0.05, 0.1) is 25.9 Å². The number of nitrogens with zero attached hydrogens (tertiary/aromatic N) is 5. The van der Waals surface area contributed by atoms with Gasteiger partial charge in [0.15, 0.2) is 12.2 Å². The molecule has 3 amide bonds. The standard InChI is InChI=1S/C16H20N8O7/c1-3-4-31-6-7(25)5-24-9-10(23(2)16(30)20-13(9)28)17-14(24)22-21-8-11(26)18-15(29)19-12(8)27/h3,7,9-10,25H,1,4-6H2,2H3,(H,20,28,30)(H3,18,19,26,27,29). The highest BCUT2D eigenvalue weighted by atomic mass is 16.5. The number of H-pyrrole nitrogens is 2. The second kappa shape index (κ2) is 8.88. The predicted octanol–water partition coefficient (Wildman–Crippen LogP) is -2.04. The monoisotopic (exact) mass is 436 g/mol. The SMILES string of the molecule is C=CCOCC(O)CN1C(N=Nc2c(O)[nH]c(=O)[nH]c2=O)=NC2C1C(=O)NC(=O)N2C. The Morgan fingerprint density at radius 2 is 2.03 bits per heavy atom. The zero-order valence-corrected chi connectivity index (χ0v) is 16.3. The minimum Gasteiger partial charge on any atom is -0.493 e. The first-order valence-electron chi connectivity index (χ1n) is 8.99. The zero-order chi connectivity index (χ0) is 22.7. The smallest absolute Gasteiger partial charge is 0.328 e. The highest BCUT2D eigenvalue weighted by Gasteiger charge is 2.49. The first-order valence-corrected chi connectivity index (χ1v) is 8.99. The second-order valence-electron chi connectivity index (χ2n) is 6.63. The van der Waals surface area contributed by atoms with Gasteiger partial charge in [0.25, 0.3) is 11.5 Å². The van der Waals surface area contributed by atoms with Crippen molar-refractivity contribution in [1.29, 1.82) is 0 Å². The van der Waals surface area contributed by atoms with Crippen LogP contribution in [0.1, 0.15) is 0 Å². The van der Waals surface area contributed by atoms with Crippen LogP contribution in [0.2, 0.25) is 0 Å². The molecule has 1 aromatic heterocycles. The number of aromatic amines is 2. The van der Waals surface area contributed by atoms with Crippen molar-refractivity contribution < 1.29 is 24.5 Å². The van der Waals surface area contributed by atoms with Gasteiger partial charge in [-0.3, -0.25) is 24.9 Å². The fourth-order valence-electron chi connectivity index (χ4n) is 3.01. The number of hydrogen-bond acceptors (Lipinski definition) is 11. The first-order chi connectivity index (χ1) is 14.7.